The molecule has 1 aromatic carbocycles. The van der Waals surface area contributed by atoms with Gasteiger partial charge in [-0.05, 0) is 42.7 Å². The van der Waals surface area contributed by atoms with Gasteiger partial charge in [0.1, 0.15) is 11.6 Å². The van der Waals surface area contributed by atoms with Gasteiger partial charge < -0.3 is 5.32 Å². The number of benzene rings is 1. The number of pyridine rings is 1. The fraction of sp³-hybridized carbons (Fsp3) is 0.240. The average molecular weight is 498 g/mol. The summed E-state index contributed by atoms with van der Waals surface area (Å²) in [6.07, 6.45) is 3.56. The van der Waals surface area contributed by atoms with Crippen molar-refractivity contribution in [2.45, 2.75) is 39.4 Å². The second-order valence-corrected chi connectivity index (χ2v) is 8.15. The molecule has 0 spiro atoms. The predicted molar refractivity (Wildman–Crippen MR) is 124 cm³/mol. The molecule has 0 saturated heterocycles. The van der Waals surface area contributed by atoms with E-state index in [9.17, 15) is 22.4 Å². The van der Waals surface area contributed by atoms with E-state index in [4.69, 9.17) is 0 Å². The van der Waals surface area contributed by atoms with E-state index in [1.54, 1.807) is 24.7 Å². The molecule has 3 heterocycles. The van der Waals surface area contributed by atoms with E-state index < -0.39 is 23.5 Å². The fourth-order valence-corrected chi connectivity index (χ4v) is 3.59. The summed E-state index contributed by atoms with van der Waals surface area (Å²) in [4.78, 5) is 24.7. The maximum absolute atomic E-state index is 14.7. The number of nitrogens with one attached hydrogen (secondary N) is 1. The number of alkyl halides is 3. The molecule has 186 valence electrons. The van der Waals surface area contributed by atoms with Gasteiger partial charge in [0.25, 0.3) is 0 Å². The zero-order valence-electron chi connectivity index (χ0n) is 19.5. The van der Waals surface area contributed by atoms with Gasteiger partial charge in [0.05, 0.1) is 30.1 Å². The summed E-state index contributed by atoms with van der Waals surface area (Å²) in [5, 5.41) is 6.56. The molecule has 0 bridgehead atoms. The van der Waals surface area contributed by atoms with Crippen molar-refractivity contribution in [2.24, 2.45) is 0 Å². The number of hydrogen-bond donors (Lipinski definition) is 1. The highest BCUT2D eigenvalue weighted by atomic mass is 19.4. The molecule has 0 radical (unpaired) electrons. The van der Waals surface area contributed by atoms with Crippen LogP contribution in [0.2, 0.25) is 0 Å². The molecule has 1 N–H and O–H groups in total. The number of amides is 1. The molecule has 1 amide bonds. The number of aromatic nitrogens is 5. The average Bonchev–Trinajstić information content (AvgIpc) is 3.29. The lowest BCUT2D eigenvalue weighted by molar-refractivity contribution is -0.138. The van der Waals surface area contributed by atoms with E-state index in [0.717, 1.165) is 24.4 Å². The number of rotatable bonds is 7. The normalized spacial score (nSPS) is 11.5. The molecule has 11 heteroatoms. The van der Waals surface area contributed by atoms with E-state index >= 15 is 0 Å². The molecular formula is C25H22F4N6O. The van der Waals surface area contributed by atoms with Crippen LogP contribution >= 0.6 is 0 Å². The first-order valence-electron chi connectivity index (χ1n) is 11.1. The van der Waals surface area contributed by atoms with E-state index in [1.165, 1.54) is 19.1 Å². The van der Waals surface area contributed by atoms with Crippen LogP contribution in [0.25, 0.3) is 11.1 Å². The monoisotopic (exact) mass is 498 g/mol. The second-order valence-electron chi connectivity index (χ2n) is 8.15. The predicted octanol–water partition coefficient (Wildman–Crippen LogP) is 4.99. The lowest BCUT2D eigenvalue weighted by Gasteiger charge is -2.12. The summed E-state index contributed by atoms with van der Waals surface area (Å²) < 4.78 is 55.7. The molecule has 0 fully saturated rings. The number of hydrogen-bond acceptors (Lipinski definition) is 5. The molecule has 7 nitrogen and oxygen atoms in total. The summed E-state index contributed by atoms with van der Waals surface area (Å²) in [5.74, 6) is -0.696. The lowest BCUT2D eigenvalue weighted by Crippen LogP contribution is -2.17. The summed E-state index contributed by atoms with van der Waals surface area (Å²) in [5.41, 5.74) is 0.941. The van der Waals surface area contributed by atoms with Gasteiger partial charge in [-0.15, -0.1) is 0 Å². The molecule has 4 aromatic rings. The van der Waals surface area contributed by atoms with Crippen LogP contribution in [0.5, 0.6) is 0 Å². The first-order valence-corrected chi connectivity index (χ1v) is 11.1. The van der Waals surface area contributed by atoms with Crippen LogP contribution < -0.4 is 5.32 Å². The molecule has 0 saturated carbocycles. The minimum absolute atomic E-state index is 0.0952. The van der Waals surface area contributed by atoms with Gasteiger partial charge in [-0.3, -0.25) is 14.5 Å². The Kier molecular flexibility index (Phi) is 7.09. The van der Waals surface area contributed by atoms with Gasteiger partial charge in [0.2, 0.25) is 5.91 Å². The van der Waals surface area contributed by atoms with E-state index in [-0.39, 0.29) is 23.4 Å². The minimum Gasteiger partial charge on any atom is -0.324 e. The number of aryl methyl sites for hydroxylation is 2. The standard InChI is InChI=1S/C25H22F4N6O/c1-3-35-14-16(10-33-35)6-23-31-11-19(12-32-23)17-4-5-18(22(26)7-17)8-24(36)34-20-9-21(25(27,28)29)15(2)30-13-20/h4-5,7,9-14H,3,6,8H2,1-2H3,(H,34,36). The van der Waals surface area contributed by atoms with E-state index in [2.05, 4.69) is 25.4 Å². The third kappa shape index (κ3) is 5.91. The van der Waals surface area contributed by atoms with Crippen LogP contribution in [0.4, 0.5) is 23.2 Å². The first kappa shape index (κ1) is 25.0. The quantitative estimate of drug-likeness (QED) is 0.363. The first-order chi connectivity index (χ1) is 17.1. The van der Waals surface area contributed by atoms with Crippen molar-refractivity contribution in [1.29, 1.82) is 0 Å². The third-order valence-corrected chi connectivity index (χ3v) is 5.49. The highest BCUT2D eigenvalue weighted by molar-refractivity contribution is 5.92. The molecule has 4 rings (SSSR count). The number of carbonyl (C=O) groups excluding carboxylic acids is 1. The van der Waals surface area contributed by atoms with Crippen molar-refractivity contribution in [1.82, 2.24) is 24.7 Å². The molecule has 3 aromatic heterocycles. The number of anilines is 1. The van der Waals surface area contributed by atoms with Crippen LogP contribution in [-0.2, 0) is 30.4 Å². The summed E-state index contributed by atoms with van der Waals surface area (Å²) in [6, 6.07) is 5.15. The van der Waals surface area contributed by atoms with Gasteiger partial charge in [0, 0.05) is 42.8 Å². The fourth-order valence-electron chi connectivity index (χ4n) is 3.59. The Labute approximate surface area is 204 Å². The molecule has 0 aliphatic rings. The van der Waals surface area contributed by atoms with Crippen LogP contribution in [0.15, 0.2) is 55.2 Å². The highest BCUT2D eigenvalue weighted by Crippen LogP contribution is 2.32. The summed E-state index contributed by atoms with van der Waals surface area (Å²) >= 11 is 0. The molecule has 0 atom stereocenters. The lowest BCUT2D eigenvalue weighted by atomic mass is 10.0. The largest absolute Gasteiger partial charge is 0.418 e. The number of carbonyl (C=O) groups is 1. The van der Waals surface area contributed by atoms with Crippen LogP contribution in [0.3, 0.4) is 0 Å². The van der Waals surface area contributed by atoms with E-state index in [0.29, 0.717) is 23.4 Å². The Hall–Kier alpha value is -4.15. The van der Waals surface area contributed by atoms with Gasteiger partial charge in [-0.1, -0.05) is 12.1 Å². The Bertz CT molecular complexity index is 1380. The van der Waals surface area contributed by atoms with E-state index in [1.807, 2.05) is 17.8 Å². The minimum atomic E-state index is -4.60. The third-order valence-electron chi connectivity index (χ3n) is 5.49. The molecule has 0 aliphatic heterocycles. The van der Waals surface area contributed by atoms with Crippen molar-refractivity contribution in [3.63, 3.8) is 0 Å². The topological polar surface area (TPSA) is 85.6 Å². The van der Waals surface area contributed by atoms with Gasteiger partial charge in [-0.2, -0.15) is 18.3 Å². The zero-order chi connectivity index (χ0) is 25.9. The Morgan fingerprint density at radius 1 is 1.03 bits per heavy atom. The van der Waals surface area contributed by atoms with Crippen LogP contribution in [0, 0.1) is 12.7 Å². The zero-order valence-corrected chi connectivity index (χ0v) is 19.5. The Morgan fingerprint density at radius 2 is 1.78 bits per heavy atom. The smallest absolute Gasteiger partial charge is 0.324 e. The number of halogens is 4. The highest BCUT2D eigenvalue weighted by Gasteiger charge is 2.33. The Balaban J connectivity index is 1.41. The molecular weight excluding hydrogens is 476 g/mol. The molecule has 0 unspecified atom stereocenters. The van der Waals surface area contributed by atoms with Crippen molar-refractivity contribution in [3.8, 4) is 11.1 Å². The number of nitrogens with zero attached hydrogens (tertiary/aromatic N) is 5. The Morgan fingerprint density at radius 3 is 2.42 bits per heavy atom. The van der Waals surface area contributed by atoms with Crippen LogP contribution in [0.1, 0.15) is 35.1 Å². The van der Waals surface area contributed by atoms with Crippen LogP contribution in [-0.4, -0.2) is 30.6 Å². The van der Waals surface area contributed by atoms with Gasteiger partial charge >= 0.3 is 6.18 Å². The van der Waals surface area contributed by atoms with Crippen molar-refractivity contribution < 1.29 is 22.4 Å². The summed E-state index contributed by atoms with van der Waals surface area (Å²) in [7, 11) is 0. The van der Waals surface area contributed by atoms with Crippen molar-refractivity contribution >= 4 is 11.6 Å². The SMILES string of the molecule is CCn1cc(Cc2ncc(-c3ccc(CC(=O)Nc4cnc(C)c(C(F)(F)F)c4)c(F)c3)cn2)cn1. The van der Waals surface area contributed by atoms with Crippen molar-refractivity contribution in [3.05, 3.63) is 89.3 Å². The molecule has 0 aliphatic carbocycles. The maximum atomic E-state index is 14.7. The second kappa shape index (κ2) is 10.2. The maximum Gasteiger partial charge on any atom is 0.418 e. The molecule has 36 heavy (non-hydrogen) atoms. The summed E-state index contributed by atoms with van der Waals surface area (Å²) in [6.45, 7) is 3.99. The van der Waals surface area contributed by atoms with Gasteiger partial charge in [0.15, 0.2) is 0 Å². The van der Waals surface area contributed by atoms with Gasteiger partial charge in [-0.25, -0.2) is 14.4 Å². The van der Waals surface area contributed by atoms with Crippen molar-refractivity contribution in [2.75, 3.05) is 5.32 Å².